The first-order valence-electron chi connectivity index (χ1n) is 6.57. The molecule has 0 spiro atoms. The Kier molecular flexibility index (Phi) is 3.36. The molecule has 1 heterocycles. The van der Waals surface area contributed by atoms with Crippen LogP contribution in [0.4, 0.5) is 0 Å². The van der Waals surface area contributed by atoms with Gasteiger partial charge in [-0.05, 0) is 12.5 Å². The van der Waals surface area contributed by atoms with E-state index in [1.807, 2.05) is 37.3 Å². The van der Waals surface area contributed by atoms with E-state index in [2.05, 4.69) is 5.16 Å². The molecule has 0 unspecified atom stereocenters. The van der Waals surface area contributed by atoms with Crippen LogP contribution in [0.3, 0.4) is 0 Å². The third-order valence-corrected chi connectivity index (χ3v) is 3.62. The number of hydrogen-bond donors (Lipinski definition) is 1. The maximum atomic E-state index is 10.1. The van der Waals surface area contributed by atoms with Gasteiger partial charge in [-0.2, -0.15) is 0 Å². The Morgan fingerprint density at radius 2 is 2.00 bits per heavy atom. The number of halogens is 1. The zero-order chi connectivity index (χ0) is 14.1. The molecule has 0 saturated heterocycles. The third kappa shape index (κ3) is 2.04. The van der Waals surface area contributed by atoms with Crippen LogP contribution in [-0.2, 0) is 6.42 Å². The molecule has 2 aromatic carbocycles. The van der Waals surface area contributed by atoms with E-state index in [0.29, 0.717) is 17.0 Å². The van der Waals surface area contributed by atoms with Crippen LogP contribution in [0.5, 0.6) is 5.75 Å². The lowest BCUT2D eigenvalue weighted by Gasteiger charge is -2.05. The molecule has 0 aliphatic heterocycles. The Bertz CT molecular complexity index is 750. The Labute approximate surface area is 121 Å². The van der Waals surface area contributed by atoms with Crippen molar-refractivity contribution in [2.75, 3.05) is 0 Å². The normalized spacial score (nSPS) is 11.1. The molecular formula is C16H14ClNO2. The smallest absolute Gasteiger partial charge is 0.174 e. The van der Waals surface area contributed by atoms with E-state index in [9.17, 15) is 5.11 Å². The Hall–Kier alpha value is -2.00. The van der Waals surface area contributed by atoms with Gasteiger partial charge in [0.15, 0.2) is 5.58 Å². The average Bonchev–Trinajstić information content (AvgIpc) is 2.88. The van der Waals surface area contributed by atoms with Gasteiger partial charge in [0.2, 0.25) is 0 Å². The van der Waals surface area contributed by atoms with Crippen LogP contribution < -0.4 is 0 Å². The fourth-order valence-corrected chi connectivity index (χ4v) is 2.60. The van der Waals surface area contributed by atoms with E-state index >= 15 is 0 Å². The molecule has 0 atom stereocenters. The molecule has 20 heavy (non-hydrogen) atoms. The quantitative estimate of drug-likeness (QED) is 0.752. The van der Waals surface area contributed by atoms with Crippen LogP contribution in [0.25, 0.3) is 22.2 Å². The Balaban J connectivity index is 2.28. The predicted molar refractivity (Wildman–Crippen MR) is 80.1 cm³/mol. The standard InChI is InChI=1S/C16H14ClNO2/c1-2-6-11-15(19)13(17)9-12-14(18-20-16(11)12)10-7-4-3-5-8-10/h3-5,7-9,19H,2,6H2,1H3. The van der Waals surface area contributed by atoms with Gasteiger partial charge in [0.25, 0.3) is 0 Å². The molecule has 0 bridgehead atoms. The summed E-state index contributed by atoms with van der Waals surface area (Å²) in [4.78, 5) is 0. The van der Waals surface area contributed by atoms with Crippen molar-refractivity contribution < 1.29 is 9.63 Å². The van der Waals surface area contributed by atoms with Gasteiger partial charge >= 0.3 is 0 Å². The fraction of sp³-hybridized carbons (Fsp3) is 0.188. The highest BCUT2D eigenvalue weighted by Crippen LogP contribution is 2.39. The minimum absolute atomic E-state index is 0.0942. The van der Waals surface area contributed by atoms with E-state index < -0.39 is 0 Å². The van der Waals surface area contributed by atoms with Crippen LogP contribution in [0, 0.1) is 0 Å². The third-order valence-electron chi connectivity index (χ3n) is 3.33. The molecule has 1 N–H and O–H groups in total. The molecule has 0 aliphatic carbocycles. The lowest BCUT2D eigenvalue weighted by atomic mass is 10.0. The summed E-state index contributed by atoms with van der Waals surface area (Å²) >= 11 is 6.13. The molecule has 3 rings (SSSR count). The van der Waals surface area contributed by atoms with Crippen LogP contribution >= 0.6 is 11.6 Å². The fourth-order valence-electron chi connectivity index (χ4n) is 2.38. The highest BCUT2D eigenvalue weighted by molar-refractivity contribution is 6.33. The molecule has 0 amide bonds. The lowest BCUT2D eigenvalue weighted by Crippen LogP contribution is -1.87. The second-order valence-corrected chi connectivity index (χ2v) is 5.12. The molecule has 0 fully saturated rings. The summed E-state index contributed by atoms with van der Waals surface area (Å²) in [5.41, 5.74) is 3.06. The summed E-state index contributed by atoms with van der Waals surface area (Å²) in [5.74, 6) is 0.0942. The maximum Gasteiger partial charge on any atom is 0.174 e. The average molecular weight is 288 g/mol. The topological polar surface area (TPSA) is 46.3 Å². The molecule has 4 heteroatoms. The summed E-state index contributed by atoms with van der Waals surface area (Å²) in [5, 5.41) is 15.4. The zero-order valence-electron chi connectivity index (χ0n) is 11.1. The number of aryl methyl sites for hydroxylation is 1. The molecule has 0 aliphatic rings. The maximum absolute atomic E-state index is 10.1. The SMILES string of the molecule is CCCc1c(O)c(Cl)cc2c(-c3ccccc3)noc12. The highest BCUT2D eigenvalue weighted by atomic mass is 35.5. The molecule has 1 aromatic heterocycles. The largest absolute Gasteiger partial charge is 0.506 e. The first-order chi connectivity index (χ1) is 9.72. The van der Waals surface area contributed by atoms with E-state index in [-0.39, 0.29) is 5.75 Å². The van der Waals surface area contributed by atoms with Gasteiger partial charge in [-0.1, -0.05) is 60.4 Å². The van der Waals surface area contributed by atoms with Gasteiger partial charge in [0, 0.05) is 11.1 Å². The summed E-state index contributed by atoms with van der Waals surface area (Å²) in [6.07, 6.45) is 1.59. The number of rotatable bonds is 3. The van der Waals surface area contributed by atoms with Crippen molar-refractivity contribution in [2.45, 2.75) is 19.8 Å². The van der Waals surface area contributed by atoms with Crippen LogP contribution in [-0.4, -0.2) is 10.3 Å². The van der Waals surface area contributed by atoms with Crippen molar-refractivity contribution in [3.8, 4) is 17.0 Å². The van der Waals surface area contributed by atoms with E-state index in [0.717, 1.165) is 28.6 Å². The summed E-state index contributed by atoms with van der Waals surface area (Å²) in [6, 6.07) is 11.5. The number of hydrogen-bond acceptors (Lipinski definition) is 3. The number of aromatic hydroxyl groups is 1. The number of benzene rings is 2. The molecule has 3 aromatic rings. The van der Waals surface area contributed by atoms with Crippen molar-refractivity contribution in [3.05, 3.63) is 47.0 Å². The molecular weight excluding hydrogens is 274 g/mol. The van der Waals surface area contributed by atoms with Crippen molar-refractivity contribution in [3.63, 3.8) is 0 Å². The number of nitrogens with zero attached hydrogens (tertiary/aromatic N) is 1. The van der Waals surface area contributed by atoms with Gasteiger partial charge in [-0.15, -0.1) is 0 Å². The number of fused-ring (bicyclic) bond motifs is 1. The zero-order valence-corrected chi connectivity index (χ0v) is 11.8. The predicted octanol–water partition coefficient (Wildman–Crippen LogP) is 4.81. The summed E-state index contributed by atoms with van der Waals surface area (Å²) < 4.78 is 5.45. The lowest BCUT2D eigenvalue weighted by molar-refractivity contribution is 0.444. The van der Waals surface area contributed by atoms with Crippen LogP contribution in [0.1, 0.15) is 18.9 Å². The van der Waals surface area contributed by atoms with Gasteiger partial charge in [-0.25, -0.2) is 0 Å². The summed E-state index contributed by atoms with van der Waals surface area (Å²) in [6.45, 7) is 2.04. The number of aromatic nitrogens is 1. The van der Waals surface area contributed by atoms with Crippen LogP contribution in [0.2, 0.25) is 5.02 Å². The van der Waals surface area contributed by atoms with Gasteiger partial charge in [0.05, 0.1) is 10.4 Å². The van der Waals surface area contributed by atoms with Crippen molar-refractivity contribution >= 4 is 22.6 Å². The molecule has 3 nitrogen and oxygen atoms in total. The second kappa shape index (κ2) is 5.17. The van der Waals surface area contributed by atoms with E-state index in [1.165, 1.54) is 0 Å². The van der Waals surface area contributed by atoms with Gasteiger partial charge < -0.3 is 9.63 Å². The number of phenolic OH excluding ortho intramolecular Hbond substituents is 1. The Morgan fingerprint density at radius 1 is 1.25 bits per heavy atom. The highest BCUT2D eigenvalue weighted by Gasteiger charge is 2.18. The van der Waals surface area contributed by atoms with E-state index in [4.69, 9.17) is 16.1 Å². The van der Waals surface area contributed by atoms with Crippen LogP contribution in [0.15, 0.2) is 40.9 Å². The second-order valence-electron chi connectivity index (χ2n) is 4.71. The molecule has 102 valence electrons. The minimum atomic E-state index is 0.0942. The molecule has 0 radical (unpaired) electrons. The van der Waals surface area contributed by atoms with Gasteiger partial charge in [0.1, 0.15) is 11.4 Å². The number of phenols is 1. The summed E-state index contributed by atoms with van der Waals surface area (Å²) in [7, 11) is 0. The van der Waals surface area contributed by atoms with Crippen molar-refractivity contribution in [2.24, 2.45) is 0 Å². The first-order valence-corrected chi connectivity index (χ1v) is 6.95. The van der Waals surface area contributed by atoms with Crippen molar-refractivity contribution in [1.29, 1.82) is 0 Å². The Morgan fingerprint density at radius 3 is 2.70 bits per heavy atom. The van der Waals surface area contributed by atoms with Crippen molar-refractivity contribution in [1.82, 2.24) is 5.16 Å². The monoisotopic (exact) mass is 287 g/mol. The first kappa shape index (κ1) is 13.0. The minimum Gasteiger partial charge on any atom is -0.506 e. The van der Waals surface area contributed by atoms with Gasteiger partial charge in [-0.3, -0.25) is 0 Å². The molecule has 0 saturated carbocycles. The van der Waals surface area contributed by atoms with E-state index in [1.54, 1.807) is 6.07 Å².